The van der Waals surface area contributed by atoms with Crippen molar-refractivity contribution < 1.29 is 4.74 Å². The van der Waals surface area contributed by atoms with Gasteiger partial charge in [-0.2, -0.15) is 5.26 Å². The number of aromatic nitrogens is 2. The Morgan fingerprint density at radius 1 is 1.21 bits per heavy atom. The summed E-state index contributed by atoms with van der Waals surface area (Å²) in [6.07, 6.45) is 2.83. The van der Waals surface area contributed by atoms with Crippen LogP contribution in [0, 0.1) is 11.3 Å². The van der Waals surface area contributed by atoms with E-state index in [0.717, 1.165) is 28.8 Å². The molecule has 1 heterocycles. The Morgan fingerprint density at radius 3 is 2.62 bits per heavy atom. The summed E-state index contributed by atoms with van der Waals surface area (Å²) in [5.74, 6) is 1.51. The van der Waals surface area contributed by atoms with E-state index in [1.54, 1.807) is 0 Å². The molecule has 0 aliphatic carbocycles. The predicted octanol–water partition coefficient (Wildman–Crippen LogP) is 4.43. The van der Waals surface area contributed by atoms with Crippen LogP contribution in [0.2, 0.25) is 0 Å². The van der Waals surface area contributed by atoms with E-state index in [2.05, 4.69) is 18.0 Å². The molecule has 4 nitrogen and oxygen atoms in total. The molecule has 0 saturated heterocycles. The summed E-state index contributed by atoms with van der Waals surface area (Å²) in [6, 6.07) is 17.9. The number of allylic oxidation sites excluding steroid dienone is 1. The highest BCUT2D eigenvalue weighted by Crippen LogP contribution is 2.22. The second kappa shape index (κ2) is 7.01. The normalized spacial score (nSPS) is 11.5. The maximum Gasteiger partial charge on any atom is 0.151 e. The Kier molecular flexibility index (Phi) is 4.62. The largest absolute Gasteiger partial charge is 0.494 e. The maximum atomic E-state index is 9.56. The Morgan fingerprint density at radius 2 is 1.96 bits per heavy atom. The van der Waals surface area contributed by atoms with Gasteiger partial charge in [-0.1, -0.05) is 31.2 Å². The molecule has 0 fully saturated rings. The summed E-state index contributed by atoms with van der Waals surface area (Å²) in [6.45, 7) is 2.78. The minimum atomic E-state index is 0.538. The minimum Gasteiger partial charge on any atom is -0.494 e. The van der Waals surface area contributed by atoms with Crippen LogP contribution in [0.4, 0.5) is 0 Å². The van der Waals surface area contributed by atoms with E-state index in [0.29, 0.717) is 18.0 Å². The van der Waals surface area contributed by atoms with Crippen molar-refractivity contribution in [2.45, 2.75) is 13.3 Å². The molecule has 24 heavy (non-hydrogen) atoms. The molecular formula is C20H19N3O. The van der Waals surface area contributed by atoms with Crippen LogP contribution in [0.5, 0.6) is 5.75 Å². The first kappa shape index (κ1) is 15.8. The average molecular weight is 317 g/mol. The quantitative estimate of drug-likeness (QED) is 0.654. The molecule has 1 aromatic heterocycles. The number of nitrogens with zero attached hydrogens (tertiary/aromatic N) is 3. The van der Waals surface area contributed by atoms with Crippen molar-refractivity contribution in [3.63, 3.8) is 0 Å². The molecule has 0 bridgehead atoms. The van der Waals surface area contributed by atoms with E-state index in [4.69, 9.17) is 4.74 Å². The van der Waals surface area contributed by atoms with Gasteiger partial charge in [-0.3, -0.25) is 0 Å². The summed E-state index contributed by atoms with van der Waals surface area (Å²) < 4.78 is 7.53. The van der Waals surface area contributed by atoms with Crippen molar-refractivity contribution in [3.05, 3.63) is 59.9 Å². The predicted molar refractivity (Wildman–Crippen MR) is 96.4 cm³/mol. The third kappa shape index (κ3) is 3.16. The first-order valence-corrected chi connectivity index (χ1v) is 7.99. The van der Waals surface area contributed by atoms with Crippen LogP contribution in [0.15, 0.2) is 48.5 Å². The van der Waals surface area contributed by atoms with E-state index < -0.39 is 0 Å². The number of aryl methyl sites for hydroxylation is 1. The minimum absolute atomic E-state index is 0.538. The Bertz CT molecular complexity index is 914. The summed E-state index contributed by atoms with van der Waals surface area (Å²) >= 11 is 0. The molecule has 3 aromatic rings. The van der Waals surface area contributed by atoms with Crippen LogP contribution in [0.1, 0.15) is 24.7 Å². The lowest BCUT2D eigenvalue weighted by Gasteiger charge is -2.05. The highest BCUT2D eigenvalue weighted by Gasteiger charge is 2.11. The Labute approximate surface area is 141 Å². The topological polar surface area (TPSA) is 50.8 Å². The smallest absolute Gasteiger partial charge is 0.151 e. The lowest BCUT2D eigenvalue weighted by Crippen LogP contribution is -1.96. The molecule has 0 spiro atoms. The molecule has 120 valence electrons. The molecule has 4 heteroatoms. The van der Waals surface area contributed by atoms with Gasteiger partial charge in [0, 0.05) is 7.05 Å². The summed E-state index contributed by atoms with van der Waals surface area (Å²) in [5, 5.41) is 9.56. The number of para-hydroxylation sites is 2. The van der Waals surface area contributed by atoms with Crippen LogP contribution in [0.25, 0.3) is 22.7 Å². The van der Waals surface area contributed by atoms with Gasteiger partial charge in [0.15, 0.2) is 5.82 Å². The van der Waals surface area contributed by atoms with Gasteiger partial charge in [-0.15, -0.1) is 0 Å². The van der Waals surface area contributed by atoms with Gasteiger partial charge in [-0.05, 0) is 42.3 Å². The van der Waals surface area contributed by atoms with Crippen molar-refractivity contribution in [1.29, 1.82) is 5.26 Å². The van der Waals surface area contributed by atoms with Gasteiger partial charge in [0.1, 0.15) is 11.8 Å². The molecule has 0 atom stereocenters. The molecular weight excluding hydrogens is 298 g/mol. The molecule has 3 rings (SSSR count). The van der Waals surface area contributed by atoms with E-state index in [9.17, 15) is 5.26 Å². The SMILES string of the molecule is CCCOc1ccc(/C=C(\C#N)c2nc3ccccc3n2C)cc1. The number of rotatable bonds is 5. The summed E-state index contributed by atoms with van der Waals surface area (Å²) in [5.41, 5.74) is 3.38. The van der Waals surface area contributed by atoms with Crippen molar-refractivity contribution in [1.82, 2.24) is 9.55 Å². The van der Waals surface area contributed by atoms with E-state index in [-0.39, 0.29) is 0 Å². The maximum absolute atomic E-state index is 9.56. The van der Waals surface area contributed by atoms with Crippen LogP contribution < -0.4 is 4.74 Å². The highest BCUT2D eigenvalue weighted by atomic mass is 16.5. The fraction of sp³-hybridized carbons (Fsp3) is 0.200. The first-order chi connectivity index (χ1) is 11.7. The second-order valence-electron chi connectivity index (χ2n) is 5.57. The molecule has 0 N–H and O–H groups in total. The third-order valence-corrected chi connectivity index (χ3v) is 3.81. The van der Waals surface area contributed by atoms with E-state index in [1.165, 1.54) is 0 Å². The third-order valence-electron chi connectivity index (χ3n) is 3.81. The van der Waals surface area contributed by atoms with Crippen LogP contribution in [-0.4, -0.2) is 16.2 Å². The lowest BCUT2D eigenvalue weighted by molar-refractivity contribution is 0.317. The number of fused-ring (bicyclic) bond motifs is 1. The number of benzene rings is 2. The summed E-state index contributed by atoms with van der Waals surface area (Å²) in [7, 11) is 1.93. The lowest BCUT2D eigenvalue weighted by atomic mass is 10.1. The average Bonchev–Trinajstić information content (AvgIpc) is 2.96. The van der Waals surface area contributed by atoms with Crippen LogP contribution in [-0.2, 0) is 7.05 Å². The Balaban J connectivity index is 1.94. The van der Waals surface area contributed by atoms with Gasteiger partial charge in [0.2, 0.25) is 0 Å². The Hall–Kier alpha value is -3.06. The van der Waals surface area contributed by atoms with Gasteiger partial charge in [0.25, 0.3) is 0 Å². The van der Waals surface area contributed by atoms with Crippen molar-refractivity contribution in [3.8, 4) is 11.8 Å². The van der Waals surface area contributed by atoms with Crippen LogP contribution >= 0.6 is 0 Å². The van der Waals surface area contributed by atoms with Gasteiger partial charge in [0.05, 0.1) is 23.2 Å². The molecule has 0 aliphatic rings. The molecule has 0 amide bonds. The number of nitriles is 1. The number of hydrogen-bond acceptors (Lipinski definition) is 3. The monoisotopic (exact) mass is 317 g/mol. The zero-order valence-corrected chi connectivity index (χ0v) is 13.9. The van der Waals surface area contributed by atoms with Crippen LogP contribution in [0.3, 0.4) is 0 Å². The molecule has 0 aliphatic heterocycles. The van der Waals surface area contributed by atoms with Crippen molar-refractivity contribution >= 4 is 22.7 Å². The van der Waals surface area contributed by atoms with E-state index >= 15 is 0 Å². The zero-order chi connectivity index (χ0) is 16.9. The fourth-order valence-corrected chi connectivity index (χ4v) is 2.58. The van der Waals surface area contributed by atoms with Gasteiger partial charge >= 0.3 is 0 Å². The number of hydrogen-bond donors (Lipinski definition) is 0. The first-order valence-electron chi connectivity index (χ1n) is 7.99. The number of imidazole rings is 1. The second-order valence-corrected chi connectivity index (χ2v) is 5.57. The highest BCUT2D eigenvalue weighted by molar-refractivity contribution is 5.90. The fourth-order valence-electron chi connectivity index (χ4n) is 2.58. The summed E-state index contributed by atoms with van der Waals surface area (Å²) in [4.78, 5) is 4.59. The molecule has 0 unspecified atom stereocenters. The molecule has 0 saturated carbocycles. The van der Waals surface area contributed by atoms with Crippen molar-refractivity contribution in [2.24, 2.45) is 7.05 Å². The molecule has 0 radical (unpaired) electrons. The number of ether oxygens (including phenoxy) is 1. The zero-order valence-electron chi connectivity index (χ0n) is 13.9. The van der Waals surface area contributed by atoms with Gasteiger partial charge < -0.3 is 9.30 Å². The van der Waals surface area contributed by atoms with Crippen molar-refractivity contribution in [2.75, 3.05) is 6.61 Å². The van der Waals surface area contributed by atoms with Gasteiger partial charge in [-0.25, -0.2) is 4.98 Å². The standard InChI is InChI=1S/C20H19N3O/c1-3-12-24-17-10-8-15(9-11-17)13-16(14-21)20-22-18-6-4-5-7-19(18)23(20)2/h4-11,13H,3,12H2,1-2H3/b16-13+. The molecule has 2 aromatic carbocycles. The van der Waals surface area contributed by atoms with E-state index in [1.807, 2.05) is 66.2 Å².